The fourth-order valence-corrected chi connectivity index (χ4v) is 0.743. The van der Waals surface area contributed by atoms with Crippen LogP contribution >= 0.6 is 0 Å². The fraction of sp³-hybridized carbons (Fsp3) is 1.00. The number of hydrogen-bond donors (Lipinski definition) is 1. The Hall–Kier alpha value is -0.150. The van der Waals surface area contributed by atoms with Crippen molar-refractivity contribution in [2.24, 2.45) is 5.84 Å². The Labute approximate surface area is 42.1 Å². The maximum atomic E-state index is 12.1. The molecule has 2 N–H and O–H groups in total. The molecule has 0 saturated carbocycles. The third kappa shape index (κ3) is 1.11. The molecule has 1 unspecified atom stereocenters. The Balaban J connectivity index is 2.26. The number of alkyl halides is 1. The van der Waals surface area contributed by atoms with Gasteiger partial charge < -0.3 is 0 Å². The quantitative estimate of drug-likeness (QED) is 0.435. The molecule has 7 heavy (non-hydrogen) atoms. The van der Waals surface area contributed by atoms with Crippen LogP contribution in [-0.2, 0) is 0 Å². The lowest BCUT2D eigenvalue weighted by Gasteiger charge is -2.01. The minimum Gasteiger partial charge on any atom is -0.269 e. The Bertz CT molecular complexity index is 58.7. The van der Waals surface area contributed by atoms with Gasteiger partial charge in [0.15, 0.2) is 0 Å². The third-order valence-electron chi connectivity index (χ3n) is 1.16. The molecule has 1 rings (SSSR count). The smallest absolute Gasteiger partial charge is 0.115 e. The van der Waals surface area contributed by atoms with Crippen LogP contribution in [0.4, 0.5) is 4.39 Å². The highest BCUT2D eigenvalue weighted by molar-refractivity contribution is 4.69. The van der Waals surface area contributed by atoms with Crippen molar-refractivity contribution in [3.63, 3.8) is 0 Å². The second-order valence-corrected chi connectivity index (χ2v) is 1.88. The van der Waals surface area contributed by atoms with Gasteiger partial charge in [0, 0.05) is 13.1 Å². The first-order chi connectivity index (χ1) is 3.29. The van der Waals surface area contributed by atoms with Crippen molar-refractivity contribution >= 4 is 0 Å². The first kappa shape index (κ1) is 5.00. The molecule has 0 aromatic heterocycles. The van der Waals surface area contributed by atoms with E-state index >= 15 is 0 Å². The Morgan fingerprint density at radius 3 is 2.57 bits per heavy atom. The van der Waals surface area contributed by atoms with Crippen LogP contribution < -0.4 is 5.84 Å². The first-order valence-corrected chi connectivity index (χ1v) is 2.43. The van der Waals surface area contributed by atoms with Crippen molar-refractivity contribution in [2.75, 3.05) is 13.1 Å². The normalized spacial score (nSPS) is 34.3. The zero-order chi connectivity index (χ0) is 5.28. The minimum atomic E-state index is -0.676. The van der Waals surface area contributed by atoms with E-state index < -0.39 is 6.17 Å². The zero-order valence-corrected chi connectivity index (χ0v) is 4.10. The molecule has 0 spiro atoms. The van der Waals surface area contributed by atoms with Crippen molar-refractivity contribution in [3.8, 4) is 0 Å². The summed E-state index contributed by atoms with van der Waals surface area (Å²) >= 11 is 0. The van der Waals surface area contributed by atoms with E-state index in [1.165, 1.54) is 5.01 Å². The molecule has 1 fully saturated rings. The molecule has 1 aliphatic rings. The van der Waals surface area contributed by atoms with E-state index in [1.807, 2.05) is 0 Å². The summed E-state index contributed by atoms with van der Waals surface area (Å²) in [5.41, 5.74) is 0. The molecule has 2 nitrogen and oxygen atoms in total. The molecule has 0 aliphatic carbocycles. The van der Waals surface area contributed by atoms with Gasteiger partial charge in [0.2, 0.25) is 0 Å². The van der Waals surface area contributed by atoms with Crippen molar-refractivity contribution in [3.05, 3.63) is 0 Å². The van der Waals surface area contributed by atoms with Crippen molar-refractivity contribution in [1.82, 2.24) is 5.01 Å². The molecule has 0 amide bonds. The molecule has 0 aromatic rings. The lowest BCUT2D eigenvalue weighted by molar-refractivity contribution is 0.295. The second kappa shape index (κ2) is 1.76. The van der Waals surface area contributed by atoms with Crippen LogP contribution in [0.25, 0.3) is 0 Å². The van der Waals surface area contributed by atoms with Crippen LogP contribution in [0.3, 0.4) is 0 Å². The van der Waals surface area contributed by atoms with Gasteiger partial charge in [-0.25, -0.2) is 9.40 Å². The summed E-state index contributed by atoms with van der Waals surface area (Å²) < 4.78 is 12.1. The number of nitrogens with two attached hydrogens (primary N) is 1. The van der Waals surface area contributed by atoms with Crippen molar-refractivity contribution < 1.29 is 4.39 Å². The van der Waals surface area contributed by atoms with Gasteiger partial charge in [0.05, 0.1) is 0 Å². The lowest BCUT2D eigenvalue weighted by atomic mass is 10.4. The van der Waals surface area contributed by atoms with Gasteiger partial charge in [-0.2, -0.15) is 0 Å². The summed E-state index contributed by atoms with van der Waals surface area (Å²) in [6, 6.07) is 0. The lowest BCUT2D eigenvalue weighted by Crippen LogP contribution is -2.28. The third-order valence-corrected chi connectivity index (χ3v) is 1.16. The number of hydrazine groups is 1. The zero-order valence-electron chi connectivity index (χ0n) is 4.10. The summed E-state index contributed by atoms with van der Waals surface area (Å²) in [6.45, 7) is 1.13. The topological polar surface area (TPSA) is 29.3 Å². The fourth-order valence-electron chi connectivity index (χ4n) is 0.743. The average molecular weight is 104 g/mol. The molecule has 42 valence electrons. The maximum Gasteiger partial charge on any atom is 0.115 e. The molecule has 1 atom stereocenters. The predicted octanol–water partition coefficient (Wildman–Crippen LogP) is -0.0961. The van der Waals surface area contributed by atoms with Crippen LogP contribution in [-0.4, -0.2) is 24.3 Å². The molecule has 0 bridgehead atoms. The Morgan fingerprint density at radius 1 is 1.71 bits per heavy atom. The van der Waals surface area contributed by atoms with Gasteiger partial charge >= 0.3 is 0 Å². The highest BCUT2D eigenvalue weighted by Crippen LogP contribution is 2.06. The van der Waals surface area contributed by atoms with Crippen molar-refractivity contribution in [2.45, 2.75) is 12.6 Å². The standard InChI is InChI=1S/C4H9FN2/c5-4-1-2-7(6)3-4/h4H,1-3,6H2. The summed E-state index contributed by atoms with van der Waals surface area (Å²) in [5.74, 6) is 5.22. The Kier molecular flexibility index (Phi) is 1.25. The van der Waals surface area contributed by atoms with E-state index in [0.717, 1.165) is 0 Å². The van der Waals surface area contributed by atoms with Gasteiger partial charge in [-0.05, 0) is 6.42 Å². The van der Waals surface area contributed by atoms with Crippen LogP contribution in [0.15, 0.2) is 0 Å². The van der Waals surface area contributed by atoms with Gasteiger partial charge in [0.25, 0.3) is 0 Å². The van der Waals surface area contributed by atoms with E-state index in [0.29, 0.717) is 19.5 Å². The second-order valence-electron chi connectivity index (χ2n) is 1.88. The largest absolute Gasteiger partial charge is 0.269 e. The summed E-state index contributed by atoms with van der Waals surface area (Å²) in [7, 11) is 0. The van der Waals surface area contributed by atoms with E-state index in [-0.39, 0.29) is 0 Å². The number of halogens is 1. The molecule has 0 aromatic carbocycles. The average Bonchev–Trinajstić information content (AvgIpc) is 1.87. The number of nitrogens with zero attached hydrogens (tertiary/aromatic N) is 1. The molecular formula is C4H9FN2. The molecule has 1 heterocycles. The summed E-state index contributed by atoms with van der Waals surface area (Å²) in [6.07, 6.45) is -0.0683. The van der Waals surface area contributed by atoms with Crippen LogP contribution in [0.1, 0.15) is 6.42 Å². The summed E-state index contributed by atoms with van der Waals surface area (Å²) in [5, 5.41) is 1.50. The van der Waals surface area contributed by atoms with Gasteiger partial charge in [-0.3, -0.25) is 5.84 Å². The predicted molar refractivity (Wildman–Crippen MR) is 25.3 cm³/mol. The SMILES string of the molecule is NN1CCC(F)C1. The molecule has 0 radical (unpaired) electrons. The van der Waals surface area contributed by atoms with Crippen molar-refractivity contribution in [1.29, 1.82) is 0 Å². The first-order valence-electron chi connectivity index (χ1n) is 2.43. The van der Waals surface area contributed by atoms with E-state index in [2.05, 4.69) is 0 Å². The highest BCUT2D eigenvalue weighted by atomic mass is 19.1. The Morgan fingerprint density at radius 2 is 2.43 bits per heavy atom. The highest BCUT2D eigenvalue weighted by Gasteiger charge is 2.17. The minimum absolute atomic E-state index is 0.417. The van der Waals surface area contributed by atoms with Crippen LogP contribution in [0, 0.1) is 0 Å². The van der Waals surface area contributed by atoms with Crippen LogP contribution in [0.2, 0.25) is 0 Å². The van der Waals surface area contributed by atoms with Gasteiger partial charge in [0.1, 0.15) is 6.17 Å². The maximum absolute atomic E-state index is 12.1. The molecule has 1 aliphatic heterocycles. The van der Waals surface area contributed by atoms with Gasteiger partial charge in [-0.1, -0.05) is 0 Å². The van der Waals surface area contributed by atoms with E-state index in [4.69, 9.17) is 5.84 Å². The van der Waals surface area contributed by atoms with Crippen LogP contribution in [0.5, 0.6) is 0 Å². The molecule has 3 heteroatoms. The monoisotopic (exact) mass is 104 g/mol. The number of hydrogen-bond acceptors (Lipinski definition) is 2. The molecule has 1 saturated heterocycles. The van der Waals surface area contributed by atoms with E-state index in [1.54, 1.807) is 0 Å². The van der Waals surface area contributed by atoms with E-state index in [9.17, 15) is 4.39 Å². The molecular weight excluding hydrogens is 95.1 g/mol. The summed E-state index contributed by atoms with van der Waals surface area (Å²) in [4.78, 5) is 0. The number of rotatable bonds is 0. The van der Waals surface area contributed by atoms with Gasteiger partial charge in [-0.15, -0.1) is 0 Å².